The van der Waals surface area contributed by atoms with E-state index in [-0.39, 0.29) is 5.91 Å². The van der Waals surface area contributed by atoms with E-state index in [1.54, 1.807) is 18.3 Å². The fraction of sp³-hybridized carbons (Fsp3) is 0.600. The van der Waals surface area contributed by atoms with Crippen LogP contribution in [0.3, 0.4) is 0 Å². The molecule has 1 saturated carbocycles. The van der Waals surface area contributed by atoms with E-state index in [0.29, 0.717) is 17.4 Å². The molecule has 0 atom stereocenters. The minimum atomic E-state index is -0.0259. The van der Waals surface area contributed by atoms with Gasteiger partial charge < -0.3 is 10.3 Å². The maximum absolute atomic E-state index is 12.5. The second-order valence-corrected chi connectivity index (χ2v) is 5.57. The van der Waals surface area contributed by atoms with Crippen molar-refractivity contribution >= 4 is 11.6 Å². The van der Waals surface area contributed by atoms with Gasteiger partial charge in [-0.3, -0.25) is 15.6 Å². The van der Waals surface area contributed by atoms with Crippen LogP contribution in [0.2, 0.25) is 0 Å². The lowest BCUT2D eigenvalue weighted by atomic mass is 9.84. The van der Waals surface area contributed by atoms with E-state index in [0.717, 1.165) is 18.8 Å². The number of aromatic nitrogens is 1. The van der Waals surface area contributed by atoms with Crippen LogP contribution in [0, 0.1) is 5.92 Å². The standard InChI is InChI=1S/C15H24N4O/c1-3-11-4-6-13(7-5-11)19(2)15(20)14-10-12(18-16)8-9-17-14/h8-11,13H,3-7,16H2,1-2H3,(H,17,18). The lowest BCUT2D eigenvalue weighted by molar-refractivity contribution is 0.0669. The maximum atomic E-state index is 12.5. The van der Waals surface area contributed by atoms with E-state index in [9.17, 15) is 4.79 Å². The highest BCUT2D eigenvalue weighted by Gasteiger charge is 2.26. The third kappa shape index (κ3) is 3.28. The normalized spacial score (nSPS) is 22.4. The molecule has 1 aromatic heterocycles. The third-order valence-electron chi connectivity index (χ3n) is 4.41. The number of anilines is 1. The molecule has 1 aliphatic carbocycles. The smallest absolute Gasteiger partial charge is 0.272 e. The van der Waals surface area contributed by atoms with Crippen LogP contribution in [0.1, 0.15) is 49.5 Å². The van der Waals surface area contributed by atoms with Gasteiger partial charge in [0.2, 0.25) is 0 Å². The van der Waals surface area contributed by atoms with Gasteiger partial charge in [-0.15, -0.1) is 0 Å². The van der Waals surface area contributed by atoms with Crippen LogP contribution in [0.25, 0.3) is 0 Å². The number of rotatable bonds is 4. The summed E-state index contributed by atoms with van der Waals surface area (Å²) in [4.78, 5) is 18.4. The van der Waals surface area contributed by atoms with Crippen LogP contribution in [0.15, 0.2) is 18.3 Å². The number of carbonyl (C=O) groups excluding carboxylic acids is 1. The summed E-state index contributed by atoms with van der Waals surface area (Å²) in [5.41, 5.74) is 3.69. The molecule has 1 amide bonds. The van der Waals surface area contributed by atoms with Crippen LogP contribution >= 0.6 is 0 Å². The highest BCUT2D eigenvalue weighted by Crippen LogP contribution is 2.29. The molecule has 0 spiro atoms. The Hall–Kier alpha value is -1.62. The summed E-state index contributed by atoms with van der Waals surface area (Å²) in [5, 5.41) is 0. The Bertz CT molecular complexity index is 455. The molecule has 20 heavy (non-hydrogen) atoms. The van der Waals surface area contributed by atoms with Crippen molar-refractivity contribution in [1.29, 1.82) is 0 Å². The number of hydrogen-bond donors (Lipinski definition) is 2. The predicted octanol–water partition coefficient (Wildman–Crippen LogP) is 2.41. The van der Waals surface area contributed by atoms with Gasteiger partial charge in [-0.1, -0.05) is 13.3 Å². The van der Waals surface area contributed by atoms with Crippen LogP contribution in [0.5, 0.6) is 0 Å². The number of pyridine rings is 1. The molecule has 110 valence electrons. The summed E-state index contributed by atoms with van der Waals surface area (Å²) >= 11 is 0. The highest BCUT2D eigenvalue weighted by molar-refractivity contribution is 5.93. The van der Waals surface area contributed by atoms with Crippen LogP contribution in [-0.2, 0) is 0 Å². The van der Waals surface area contributed by atoms with Gasteiger partial charge in [-0.2, -0.15) is 0 Å². The van der Waals surface area contributed by atoms with Gasteiger partial charge in [-0.25, -0.2) is 0 Å². The van der Waals surface area contributed by atoms with Gasteiger partial charge >= 0.3 is 0 Å². The first-order chi connectivity index (χ1) is 9.65. The van der Waals surface area contributed by atoms with Crippen molar-refractivity contribution in [3.63, 3.8) is 0 Å². The zero-order valence-corrected chi connectivity index (χ0v) is 12.3. The Labute approximate surface area is 120 Å². The summed E-state index contributed by atoms with van der Waals surface area (Å²) < 4.78 is 0. The monoisotopic (exact) mass is 276 g/mol. The SMILES string of the molecule is CCC1CCC(N(C)C(=O)c2cc(NN)ccn2)CC1. The Kier molecular flexibility index (Phi) is 4.95. The van der Waals surface area contributed by atoms with E-state index in [4.69, 9.17) is 5.84 Å². The van der Waals surface area contributed by atoms with Gasteiger partial charge in [0.1, 0.15) is 5.69 Å². The van der Waals surface area contributed by atoms with E-state index < -0.39 is 0 Å². The number of carbonyl (C=O) groups is 1. The lowest BCUT2D eigenvalue weighted by Crippen LogP contribution is -2.39. The molecule has 0 bridgehead atoms. The summed E-state index contributed by atoms with van der Waals surface area (Å²) in [7, 11) is 1.88. The van der Waals surface area contributed by atoms with Crippen molar-refractivity contribution in [2.75, 3.05) is 12.5 Å². The first-order valence-corrected chi connectivity index (χ1v) is 7.35. The van der Waals surface area contributed by atoms with E-state index in [2.05, 4.69) is 17.3 Å². The zero-order valence-electron chi connectivity index (χ0n) is 12.3. The molecule has 5 nitrogen and oxygen atoms in total. The molecular formula is C15H24N4O. The number of nitrogens with zero attached hydrogens (tertiary/aromatic N) is 2. The minimum absolute atomic E-state index is 0.0259. The summed E-state index contributed by atoms with van der Waals surface area (Å²) in [5.74, 6) is 6.17. The largest absolute Gasteiger partial charge is 0.337 e. The zero-order chi connectivity index (χ0) is 14.5. The molecule has 0 aromatic carbocycles. The molecule has 1 fully saturated rings. The number of nitrogens with two attached hydrogens (primary N) is 1. The fourth-order valence-electron chi connectivity index (χ4n) is 2.92. The maximum Gasteiger partial charge on any atom is 0.272 e. The number of nitrogens with one attached hydrogen (secondary N) is 1. The molecule has 0 radical (unpaired) electrons. The van der Waals surface area contributed by atoms with Gasteiger partial charge in [0.15, 0.2) is 0 Å². The molecule has 0 aliphatic heterocycles. The molecular weight excluding hydrogens is 252 g/mol. The highest BCUT2D eigenvalue weighted by atomic mass is 16.2. The average Bonchev–Trinajstić information content (AvgIpc) is 2.53. The van der Waals surface area contributed by atoms with Gasteiger partial charge in [-0.05, 0) is 43.7 Å². The third-order valence-corrected chi connectivity index (χ3v) is 4.41. The Morgan fingerprint density at radius 1 is 1.45 bits per heavy atom. The molecule has 0 saturated heterocycles. The van der Waals surface area contributed by atoms with E-state index >= 15 is 0 Å². The summed E-state index contributed by atoms with van der Waals surface area (Å²) in [6.07, 6.45) is 7.47. The van der Waals surface area contributed by atoms with Crippen molar-refractivity contribution in [1.82, 2.24) is 9.88 Å². The molecule has 3 N–H and O–H groups in total. The van der Waals surface area contributed by atoms with Crippen molar-refractivity contribution in [2.45, 2.75) is 45.1 Å². The van der Waals surface area contributed by atoms with E-state index in [1.165, 1.54) is 19.3 Å². The van der Waals surface area contributed by atoms with Gasteiger partial charge in [0.05, 0.1) is 5.69 Å². The lowest BCUT2D eigenvalue weighted by Gasteiger charge is -2.34. The van der Waals surface area contributed by atoms with Crippen molar-refractivity contribution in [2.24, 2.45) is 11.8 Å². The van der Waals surface area contributed by atoms with Gasteiger partial charge in [0, 0.05) is 19.3 Å². The van der Waals surface area contributed by atoms with Crippen molar-refractivity contribution in [3.8, 4) is 0 Å². The number of amides is 1. The molecule has 2 rings (SSSR count). The fourth-order valence-corrected chi connectivity index (χ4v) is 2.92. The van der Waals surface area contributed by atoms with Crippen LogP contribution < -0.4 is 11.3 Å². The van der Waals surface area contributed by atoms with Crippen molar-refractivity contribution in [3.05, 3.63) is 24.0 Å². The molecule has 1 aromatic rings. The number of hydrazine groups is 1. The quantitative estimate of drug-likeness (QED) is 0.654. The average molecular weight is 276 g/mol. The van der Waals surface area contributed by atoms with Crippen molar-refractivity contribution < 1.29 is 4.79 Å². The first kappa shape index (κ1) is 14.8. The summed E-state index contributed by atoms with van der Waals surface area (Å²) in [6.45, 7) is 2.25. The first-order valence-electron chi connectivity index (χ1n) is 7.35. The minimum Gasteiger partial charge on any atom is -0.337 e. The molecule has 5 heteroatoms. The molecule has 1 aliphatic rings. The second-order valence-electron chi connectivity index (χ2n) is 5.57. The summed E-state index contributed by atoms with van der Waals surface area (Å²) in [6, 6.07) is 3.77. The van der Waals surface area contributed by atoms with Gasteiger partial charge in [0.25, 0.3) is 5.91 Å². The Balaban J connectivity index is 2.01. The van der Waals surface area contributed by atoms with Crippen LogP contribution in [-0.4, -0.2) is 28.9 Å². The Morgan fingerprint density at radius 3 is 2.75 bits per heavy atom. The second kappa shape index (κ2) is 6.70. The number of nitrogen functional groups attached to an aromatic ring is 1. The molecule has 0 unspecified atom stereocenters. The topological polar surface area (TPSA) is 71.2 Å². The molecule has 1 heterocycles. The predicted molar refractivity (Wildman–Crippen MR) is 80.2 cm³/mol. The van der Waals surface area contributed by atoms with E-state index in [1.807, 2.05) is 11.9 Å². The Morgan fingerprint density at radius 2 is 2.15 bits per heavy atom. The van der Waals surface area contributed by atoms with Crippen LogP contribution in [0.4, 0.5) is 5.69 Å². The number of hydrogen-bond acceptors (Lipinski definition) is 4.